The van der Waals surface area contributed by atoms with Crippen molar-refractivity contribution < 1.29 is 23.1 Å². The van der Waals surface area contributed by atoms with Crippen molar-refractivity contribution in [1.29, 1.82) is 0 Å². The number of hydrogen-bond donors (Lipinski definition) is 1. The topological polar surface area (TPSA) is 90.4 Å². The van der Waals surface area contributed by atoms with Crippen LogP contribution in [0.1, 0.15) is 38.7 Å². The molecule has 3 atom stereocenters. The summed E-state index contributed by atoms with van der Waals surface area (Å²) in [4.78, 5) is 16.5. The van der Waals surface area contributed by atoms with Gasteiger partial charge in [-0.2, -0.15) is 4.31 Å². The van der Waals surface area contributed by atoms with Crippen molar-refractivity contribution in [2.75, 3.05) is 47.4 Å². The molecule has 9 heteroatoms. The molecule has 0 aromatic heterocycles. The standard InChI is InChI=1S/C25H37N3O5S/c1-18-15-28(19(2)17-29)34(31,32)24-12-11-20(8-7-13-26(3)4)14-22(24)33-23(18)16-27(5)25(30)21-9-6-10-21/h11-12,14,18-19,21,23,29H,6,9-10,13,15-17H2,1-5H3/t18-,19+,23-/m0/s1. The van der Waals surface area contributed by atoms with Gasteiger partial charge in [-0.3, -0.25) is 9.69 Å². The molecule has 0 spiro atoms. The fourth-order valence-corrected chi connectivity index (χ4v) is 5.97. The Kier molecular flexibility index (Phi) is 8.63. The lowest BCUT2D eigenvalue weighted by molar-refractivity contribution is -0.138. The molecule has 1 aliphatic carbocycles. The SMILES string of the molecule is C[C@H](CO)N1C[C@H](C)[C@H](CN(C)C(=O)C2CCC2)Oc2cc(C#CCN(C)C)ccc2S1(=O)=O. The van der Waals surface area contributed by atoms with Crippen LogP contribution in [0.2, 0.25) is 0 Å². The van der Waals surface area contributed by atoms with Crippen molar-refractivity contribution in [1.82, 2.24) is 14.1 Å². The lowest BCUT2D eigenvalue weighted by atomic mass is 9.84. The largest absolute Gasteiger partial charge is 0.487 e. The summed E-state index contributed by atoms with van der Waals surface area (Å²) >= 11 is 0. The first-order chi connectivity index (χ1) is 16.0. The van der Waals surface area contributed by atoms with E-state index >= 15 is 0 Å². The van der Waals surface area contributed by atoms with E-state index in [2.05, 4.69) is 11.8 Å². The maximum Gasteiger partial charge on any atom is 0.247 e. The third-order valence-corrected chi connectivity index (χ3v) is 8.60. The normalized spacial score (nSPS) is 23.4. The minimum absolute atomic E-state index is 0.0517. The Hall–Kier alpha value is -2.12. The van der Waals surface area contributed by atoms with Crippen LogP contribution in [0.4, 0.5) is 0 Å². The van der Waals surface area contributed by atoms with Gasteiger partial charge >= 0.3 is 0 Å². The zero-order valence-corrected chi connectivity index (χ0v) is 21.6. The molecule has 2 aliphatic rings. The number of hydrogen-bond acceptors (Lipinski definition) is 6. The number of carbonyl (C=O) groups is 1. The first-order valence-electron chi connectivity index (χ1n) is 11.9. The number of amides is 1. The summed E-state index contributed by atoms with van der Waals surface area (Å²) in [6.45, 7) is 4.43. The zero-order chi connectivity index (χ0) is 25.0. The minimum Gasteiger partial charge on any atom is -0.487 e. The molecule has 0 radical (unpaired) electrons. The van der Waals surface area contributed by atoms with Gasteiger partial charge in [-0.15, -0.1) is 0 Å². The molecule has 1 aliphatic heterocycles. The number of aliphatic hydroxyl groups excluding tert-OH is 1. The summed E-state index contributed by atoms with van der Waals surface area (Å²) in [7, 11) is 1.73. The van der Waals surface area contributed by atoms with E-state index in [4.69, 9.17) is 4.74 Å². The molecule has 1 fully saturated rings. The highest BCUT2D eigenvalue weighted by atomic mass is 32.2. The molecule has 0 bridgehead atoms. The van der Waals surface area contributed by atoms with E-state index in [1.54, 1.807) is 31.0 Å². The van der Waals surface area contributed by atoms with Gasteiger partial charge in [-0.1, -0.05) is 25.2 Å². The number of aliphatic hydroxyl groups is 1. The molecule has 1 aromatic carbocycles. The molecule has 8 nitrogen and oxygen atoms in total. The van der Waals surface area contributed by atoms with Crippen molar-refractivity contribution in [3.8, 4) is 17.6 Å². The average Bonchev–Trinajstić information content (AvgIpc) is 2.74. The third kappa shape index (κ3) is 5.92. The number of nitrogens with zero attached hydrogens (tertiary/aromatic N) is 3. The predicted molar refractivity (Wildman–Crippen MR) is 131 cm³/mol. The molecule has 0 saturated heterocycles. The molecule has 1 heterocycles. The number of sulfonamides is 1. The van der Waals surface area contributed by atoms with E-state index in [1.165, 1.54) is 10.4 Å². The van der Waals surface area contributed by atoms with Crippen LogP contribution in [-0.4, -0.2) is 93.1 Å². The van der Waals surface area contributed by atoms with E-state index in [1.807, 2.05) is 25.9 Å². The fourth-order valence-electron chi connectivity index (χ4n) is 4.15. The van der Waals surface area contributed by atoms with Crippen LogP contribution in [0, 0.1) is 23.7 Å². The molecule has 34 heavy (non-hydrogen) atoms. The van der Waals surface area contributed by atoms with Gasteiger partial charge < -0.3 is 14.7 Å². The first kappa shape index (κ1) is 26.5. The predicted octanol–water partition coefficient (Wildman–Crippen LogP) is 1.63. The van der Waals surface area contributed by atoms with Crippen LogP contribution < -0.4 is 4.74 Å². The molecule has 0 unspecified atom stereocenters. The molecular weight excluding hydrogens is 454 g/mol. The van der Waals surface area contributed by atoms with Crippen LogP contribution in [0.5, 0.6) is 5.75 Å². The van der Waals surface area contributed by atoms with Gasteiger partial charge in [-0.05, 0) is 52.1 Å². The Morgan fingerprint density at radius 1 is 1.29 bits per heavy atom. The number of likely N-dealkylation sites (N-methyl/N-ethyl adjacent to an activating group) is 1. The van der Waals surface area contributed by atoms with Crippen LogP contribution in [-0.2, 0) is 14.8 Å². The van der Waals surface area contributed by atoms with E-state index in [0.717, 1.165) is 19.3 Å². The number of rotatable bonds is 6. The van der Waals surface area contributed by atoms with Gasteiger partial charge in [0, 0.05) is 37.0 Å². The number of carbonyl (C=O) groups excluding carboxylic acids is 1. The first-order valence-corrected chi connectivity index (χ1v) is 13.3. The Morgan fingerprint density at radius 3 is 2.59 bits per heavy atom. The van der Waals surface area contributed by atoms with Crippen LogP contribution in [0.25, 0.3) is 0 Å². The van der Waals surface area contributed by atoms with Crippen molar-refractivity contribution >= 4 is 15.9 Å². The second kappa shape index (κ2) is 11.1. The Balaban J connectivity index is 1.98. The fraction of sp³-hybridized carbons (Fsp3) is 0.640. The average molecular weight is 492 g/mol. The zero-order valence-electron chi connectivity index (χ0n) is 20.8. The molecule has 1 amide bonds. The van der Waals surface area contributed by atoms with E-state index in [0.29, 0.717) is 18.7 Å². The highest BCUT2D eigenvalue weighted by Crippen LogP contribution is 2.34. The molecule has 3 rings (SSSR count). The quantitative estimate of drug-likeness (QED) is 0.609. The number of fused-ring (bicyclic) bond motifs is 1. The van der Waals surface area contributed by atoms with Crippen LogP contribution in [0.15, 0.2) is 23.1 Å². The molecule has 1 aromatic rings. The highest BCUT2D eigenvalue weighted by molar-refractivity contribution is 7.89. The summed E-state index contributed by atoms with van der Waals surface area (Å²) in [5.41, 5.74) is 0.656. The van der Waals surface area contributed by atoms with E-state index in [9.17, 15) is 18.3 Å². The summed E-state index contributed by atoms with van der Waals surface area (Å²) in [5.74, 6) is 6.33. The van der Waals surface area contributed by atoms with E-state index in [-0.39, 0.29) is 41.5 Å². The van der Waals surface area contributed by atoms with Crippen molar-refractivity contribution in [3.63, 3.8) is 0 Å². The number of ether oxygens (including phenoxy) is 1. The molecule has 1 N–H and O–H groups in total. The van der Waals surface area contributed by atoms with Gasteiger partial charge in [0.2, 0.25) is 15.9 Å². The summed E-state index contributed by atoms with van der Waals surface area (Å²) in [5, 5.41) is 9.77. The lowest BCUT2D eigenvalue weighted by Gasteiger charge is -2.38. The smallest absolute Gasteiger partial charge is 0.247 e. The second-order valence-electron chi connectivity index (χ2n) is 9.79. The maximum absolute atomic E-state index is 13.5. The highest BCUT2D eigenvalue weighted by Gasteiger charge is 2.39. The molecule has 1 saturated carbocycles. The van der Waals surface area contributed by atoms with Crippen LogP contribution >= 0.6 is 0 Å². The van der Waals surface area contributed by atoms with Gasteiger partial charge in [0.25, 0.3) is 0 Å². The third-order valence-electron chi connectivity index (χ3n) is 6.58. The van der Waals surface area contributed by atoms with Gasteiger partial charge in [-0.25, -0.2) is 8.42 Å². The maximum atomic E-state index is 13.5. The Bertz CT molecular complexity index is 1040. The van der Waals surface area contributed by atoms with Crippen LogP contribution in [0.3, 0.4) is 0 Å². The van der Waals surface area contributed by atoms with Crippen molar-refractivity contribution in [2.45, 2.75) is 50.2 Å². The monoisotopic (exact) mass is 491 g/mol. The lowest BCUT2D eigenvalue weighted by Crippen LogP contribution is -2.50. The number of benzene rings is 1. The van der Waals surface area contributed by atoms with Crippen molar-refractivity contribution in [3.05, 3.63) is 23.8 Å². The second-order valence-corrected chi connectivity index (χ2v) is 11.6. The molecule has 188 valence electrons. The minimum atomic E-state index is -3.90. The van der Waals surface area contributed by atoms with Gasteiger partial charge in [0.1, 0.15) is 16.7 Å². The summed E-state index contributed by atoms with van der Waals surface area (Å²) < 4.78 is 34.7. The van der Waals surface area contributed by atoms with Gasteiger partial charge in [0.15, 0.2) is 0 Å². The Morgan fingerprint density at radius 2 is 2.00 bits per heavy atom. The summed E-state index contributed by atoms with van der Waals surface area (Å²) in [6, 6.07) is 4.28. The summed E-state index contributed by atoms with van der Waals surface area (Å²) in [6.07, 6.45) is 2.50. The van der Waals surface area contributed by atoms with Crippen molar-refractivity contribution in [2.24, 2.45) is 11.8 Å². The van der Waals surface area contributed by atoms with E-state index < -0.39 is 22.2 Å². The Labute approximate surface area is 203 Å². The van der Waals surface area contributed by atoms with Gasteiger partial charge in [0.05, 0.1) is 19.7 Å². The molecular formula is C25H37N3O5S.